The number of carboxylic acids is 1. The van der Waals surface area contributed by atoms with E-state index in [1.165, 1.54) is 5.56 Å². The van der Waals surface area contributed by atoms with Crippen LogP contribution in [0.4, 0.5) is 4.79 Å². The van der Waals surface area contributed by atoms with Crippen molar-refractivity contribution >= 4 is 23.3 Å². The Labute approximate surface area is 129 Å². The Morgan fingerprint density at radius 3 is 2.57 bits per heavy atom. The molecule has 21 heavy (non-hydrogen) atoms. The summed E-state index contributed by atoms with van der Waals surface area (Å²) in [5.74, 6) is -0.915. The number of thiophene rings is 1. The quantitative estimate of drug-likeness (QED) is 0.755. The van der Waals surface area contributed by atoms with Gasteiger partial charge in [0.25, 0.3) is 0 Å². The van der Waals surface area contributed by atoms with Crippen LogP contribution < -0.4 is 10.6 Å². The SMILES string of the molecule is CCc1ccsc1CNC(=O)NC(CC(=O)O)C(C)(C)C. The molecule has 118 valence electrons. The van der Waals surface area contributed by atoms with Gasteiger partial charge in [-0.15, -0.1) is 11.3 Å². The predicted molar refractivity (Wildman–Crippen MR) is 84.6 cm³/mol. The van der Waals surface area contributed by atoms with E-state index in [0.29, 0.717) is 6.54 Å². The average Bonchev–Trinajstić information content (AvgIpc) is 2.81. The van der Waals surface area contributed by atoms with E-state index in [-0.39, 0.29) is 17.9 Å². The first-order valence-corrected chi connectivity index (χ1v) is 7.93. The van der Waals surface area contributed by atoms with Crippen molar-refractivity contribution in [2.24, 2.45) is 5.41 Å². The maximum Gasteiger partial charge on any atom is 0.315 e. The summed E-state index contributed by atoms with van der Waals surface area (Å²) in [5.41, 5.74) is 0.922. The van der Waals surface area contributed by atoms with Crippen molar-refractivity contribution in [2.75, 3.05) is 0 Å². The van der Waals surface area contributed by atoms with E-state index in [1.54, 1.807) is 11.3 Å². The van der Waals surface area contributed by atoms with Gasteiger partial charge in [0, 0.05) is 10.9 Å². The number of aliphatic carboxylic acids is 1. The van der Waals surface area contributed by atoms with Crippen molar-refractivity contribution in [3.63, 3.8) is 0 Å². The number of nitrogens with one attached hydrogen (secondary N) is 2. The topological polar surface area (TPSA) is 78.4 Å². The first-order chi connectivity index (χ1) is 9.74. The lowest BCUT2D eigenvalue weighted by Crippen LogP contribution is -2.48. The molecular weight excluding hydrogens is 288 g/mol. The number of amides is 2. The second kappa shape index (κ2) is 7.45. The van der Waals surface area contributed by atoms with Crippen molar-refractivity contribution < 1.29 is 14.7 Å². The van der Waals surface area contributed by atoms with Crippen LogP contribution in [-0.2, 0) is 17.8 Å². The minimum absolute atomic E-state index is 0.0872. The number of urea groups is 1. The van der Waals surface area contributed by atoms with Gasteiger partial charge in [-0.2, -0.15) is 0 Å². The van der Waals surface area contributed by atoms with E-state index in [4.69, 9.17) is 5.11 Å². The van der Waals surface area contributed by atoms with Crippen LogP contribution in [0.15, 0.2) is 11.4 Å². The smallest absolute Gasteiger partial charge is 0.315 e. The largest absolute Gasteiger partial charge is 0.481 e. The van der Waals surface area contributed by atoms with Crippen LogP contribution in [0.25, 0.3) is 0 Å². The Morgan fingerprint density at radius 2 is 2.05 bits per heavy atom. The fraction of sp³-hybridized carbons (Fsp3) is 0.600. The second-order valence-electron chi connectivity index (χ2n) is 6.07. The van der Waals surface area contributed by atoms with Crippen LogP contribution in [0.3, 0.4) is 0 Å². The molecule has 0 spiro atoms. The predicted octanol–water partition coefficient (Wildman–Crippen LogP) is 3.00. The molecule has 3 N–H and O–H groups in total. The van der Waals surface area contributed by atoms with Gasteiger partial charge in [-0.3, -0.25) is 4.79 Å². The number of carbonyl (C=O) groups excluding carboxylic acids is 1. The standard InChI is InChI=1S/C15H24N2O3S/c1-5-10-6-7-21-11(10)9-16-14(20)17-12(8-13(18)19)15(2,3)4/h6-7,12H,5,8-9H2,1-4H3,(H,18,19)(H2,16,17,20). The Kier molecular flexibility index (Phi) is 6.20. The lowest BCUT2D eigenvalue weighted by molar-refractivity contribution is -0.138. The lowest BCUT2D eigenvalue weighted by atomic mass is 9.85. The van der Waals surface area contributed by atoms with E-state index in [1.807, 2.05) is 26.2 Å². The summed E-state index contributed by atoms with van der Waals surface area (Å²) >= 11 is 1.61. The van der Waals surface area contributed by atoms with Crippen LogP contribution in [0.5, 0.6) is 0 Å². The first-order valence-electron chi connectivity index (χ1n) is 7.05. The molecule has 0 aromatic carbocycles. The van der Waals surface area contributed by atoms with Crippen molar-refractivity contribution in [2.45, 2.75) is 53.1 Å². The van der Waals surface area contributed by atoms with Crippen LogP contribution in [0, 0.1) is 5.41 Å². The van der Waals surface area contributed by atoms with Gasteiger partial charge in [-0.1, -0.05) is 27.7 Å². The molecule has 0 saturated heterocycles. The third kappa shape index (κ3) is 5.75. The zero-order valence-corrected chi connectivity index (χ0v) is 13.8. The normalized spacial score (nSPS) is 12.8. The van der Waals surface area contributed by atoms with E-state index in [9.17, 15) is 9.59 Å². The monoisotopic (exact) mass is 312 g/mol. The molecule has 5 nitrogen and oxygen atoms in total. The molecule has 1 heterocycles. The summed E-state index contributed by atoms with van der Waals surface area (Å²) in [4.78, 5) is 24.0. The van der Waals surface area contributed by atoms with Crippen LogP contribution in [-0.4, -0.2) is 23.1 Å². The number of rotatable bonds is 6. The third-order valence-electron chi connectivity index (χ3n) is 3.36. The maximum absolute atomic E-state index is 12.0. The molecule has 1 unspecified atom stereocenters. The molecule has 1 aromatic heterocycles. The zero-order valence-electron chi connectivity index (χ0n) is 13.0. The van der Waals surface area contributed by atoms with E-state index < -0.39 is 12.0 Å². The molecule has 0 aliphatic heterocycles. The van der Waals surface area contributed by atoms with Gasteiger partial charge in [0.05, 0.1) is 13.0 Å². The molecule has 0 radical (unpaired) electrons. The Hall–Kier alpha value is -1.56. The van der Waals surface area contributed by atoms with E-state index in [2.05, 4.69) is 23.6 Å². The van der Waals surface area contributed by atoms with Gasteiger partial charge < -0.3 is 15.7 Å². The summed E-state index contributed by atoms with van der Waals surface area (Å²) in [6.07, 6.45) is 0.849. The summed E-state index contributed by atoms with van der Waals surface area (Å²) in [6, 6.07) is 1.32. The third-order valence-corrected chi connectivity index (χ3v) is 4.32. The summed E-state index contributed by atoms with van der Waals surface area (Å²) in [6.45, 7) is 8.28. The number of hydrogen-bond donors (Lipinski definition) is 3. The fourth-order valence-electron chi connectivity index (χ4n) is 1.96. The summed E-state index contributed by atoms with van der Waals surface area (Å²) in [7, 11) is 0. The van der Waals surface area contributed by atoms with Crippen molar-refractivity contribution in [1.82, 2.24) is 10.6 Å². The number of aryl methyl sites for hydroxylation is 1. The number of hydrogen-bond acceptors (Lipinski definition) is 3. The van der Waals surface area contributed by atoms with Crippen LogP contribution >= 0.6 is 11.3 Å². The minimum atomic E-state index is -0.915. The molecule has 0 aliphatic carbocycles. The van der Waals surface area contributed by atoms with Crippen molar-refractivity contribution in [3.05, 3.63) is 21.9 Å². The molecule has 1 aromatic rings. The fourth-order valence-corrected chi connectivity index (χ4v) is 2.87. The number of carboxylic acid groups (broad SMARTS) is 1. The Morgan fingerprint density at radius 1 is 1.38 bits per heavy atom. The average molecular weight is 312 g/mol. The summed E-state index contributed by atoms with van der Waals surface area (Å²) < 4.78 is 0. The maximum atomic E-state index is 12.0. The van der Waals surface area contributed by atoms with Crippen LogP contribution in [0.2, 0.25) is 0 Å². The van der Waals surface area contributed by atoms with Crippen molar-refractivity contribution in [1.29, 1.82) is 0 Å². The molecule has 0 aliphatic rings. The molecule has 0 bridgehead atoms. The zero-order chi connectivity index (χ0) is 16.0. The van der Waals surface area contributed by atoms with Crippen LogP contribution in [0.1, 0.15) is 44.6 Å². The second-order valence-corrected chi connectivity index (χ2v) is 7.07. The van der Waals surface area contributed by atoms with Gasteiger partial charge in [0.2, 0.25) is 0 Å². The Balaban J connectivity index is 2.56. The highest BCUT2D eigenvalue weighted by Gasteiger charge is 2.28. The van der Waals surface area contributed by atoms with E-state index >= 15 is 0 Å². The first kappa shape index (κ1) is 17.5. The highest BCUT2D eigenvalue weighted by molar-refractivity contribution is 7.10. The molecule has 6 heteroatoms. The van der Waals surface area contributed by atoms with E-state index in [0.717, 1.165) is 11.3 Å². The van der Waals surface area contributed by atoms with Gasteiger partial charge in [0.15, 0.2) is 0 Å². The summed E-state index contributed by atoms with van der Waals surface area (Å²) in [5, 5.41) is 16.5. The Bertz CT molecular complexity index is 491. The van der Waals surface area contributed by atoms with Gasteiger partial charge >= 0.3 is 12.0 Å². The minimum Gasteiger partial charge on any atom is -0.481 e. The molecule has 0 fully saturated rings. The molecular formula is C15H24N2O3S. The molecule has 1 atom stereocenters. The van der Waals surface area contributed by atoms with Gasteiger partial charge in [0.1, 0.15) is 0 Å². The lowest BCUT2D eigenvalue weighted by Gasteiger charge is -2.30. The molecule has 2 amide bonds. The molecule has 1 rings (SSSR count). The van der Waals surface area contributed by atoms with Gasteiger partial charge in [-0.05, 0) is 28.8 Å². The highest BCUT2D eigenvalue weighted by Crippen LogP contribution is 2.22. The van der Waals surface area contributed by atoms with Crippen molar-refractivity contribution in [3.8, 4) is 0 Å². The highest BCUT2D eigenvalue weighted by atomic mass is 32.1. The number of carbonyl (C=O) groups is 2. The molecule has 0 saturated carbocycles. The van der Waals surface area contributed by atoms with Gasteiger partial charge in [-0.25, -0.2) is 4.79 Å².